The largest absolute Gasteiger partial charge is 0.490 e. The molecule has 0 aliphatic carbocycles. The van der Waals surface area contributed by atoms with E-state index in [-0.39, 0.29) is 17.4 Å². The van der Waals surface area contributed by atoms with E-state index in [4.69, 9.17) is 10.00 Å². The van der Waals surface area contributed by atoms with E-state index in [1.807, 2.05) is 13.0 Å². The van der Waals surface area contributed by atoms with Gasteiger partial charge in [0.25, 0.3) is 5.69 Å². The van der Waals surface area contributed by atoms with Gasteiger partial charge in [-0.05, 0) is 31.9 Å². The number of benzene rings is 1. The highest BCUT2D eigenvalue weighted by molar-refractivity contribution is 5.52. The average Bonchev–Trinajstić information content (AvgIpc) is 2.43. The van der Waals surface area contributed by atoms with Gasteiger partial charge in [-0.3, -0.25) is 10.1 Å². The topological polar surface area (TPSA) is 76.2 Å². The first-order valence-electron chi connectivity index (χ1n) is 6.93. The van der Waals surface area contributed by atoms with Crippen LogP contribution in [0.25, 0.3) is 0 Å². The Morgan fingerprint density at radius 1 is 1.40 bits per heavy atom. The number of hydrogen-bond donors (Lipinski definition) is 0. The summed E-state index contributed by atoms with van der Waals surface area (Å²) in [5, 5.41) is 19.7. The van der Waals surface area contributed by atoms with Crippen LogP contribution >= 0.6 is 0 Å². The van der Waals surface area contributed by atoms with Crippen LogP contribution in [-0.4, -0.2) is 11.0 Å². The van der Waals surface area contributed by atoms with Crippen LogP contribution in [0.3, 0.4) is 0 Å². The molecule has 0 spiro atoms. The van der Waals surface area contributed by atoms with Crippen molar-refractivity contribution in [2.24, 2.45) is 0 Å². The van der Waals surface area contributed by atoms with E-state index >= 15 is 0 Å². The first kappa shape index (κ1) is 16.0. The molecule has 1 aromatic rings. The van der Waals surface area contributed by atoms with Crippen LogP contribution in [0, 0.1) is 21.4 Å². The number of nitrogens with zero attached hydrogens (tertiary/aromatic N) is 2. The van der Waals surface area contributed by atoms with Gasteiger partial charge in [0.1, 0.15) is 17.4 Å². The Labute approximate surface area is 119 Å². The molecule has 5 nitrogen and oxygen atoms in total. The highest BCUT2D eigenvalue weighted by Crippen LogP contribution is 2.25. The second-order valence-electron chi connectivity index (χ2n) is 4.83. The summed E-state index contributed by atoms with van der Waals surface area (Å²) < 4.78 is 5.67. The molecule has 0 aromatic heterocycles. The van der Waals surface area contributed by atoms with Crippen molar-refractivity contribution in [3.63, 3.8) is 0 Å². The first-order valence-corrected chi connectivity index (χ1v) is 6.93. The van der Waals surface area contributed by atoms with Gasteiger partial charge < -0.3 is 4.74 Å². The van der Waals surface area contributed by atoms with E-state index in [0.717, 1.165) is 12.8 Å². The van der Waals surface area contributed by atoms with E-state index in [2.05, 4.69) is 6.92 Å². The number of nitriles is 1. The zero-order valence-electron chi connectivity index (χ0n) is 12.0. The highest BCUT2D eigenvalue weighted by Gasteiger charge is 2.15. The molecular formula is C15H20N2O3. The van der Waals surface area contributed by atoms with Gasteiger partial charge >= 0.3 is 0 Å². The summed E-state index contributed by atoms with van der Waals surface area (Å²) in [7, 11) is 0. The van der Waals surface area contributed by atoms with Crippen molar-refractivity contribution < 1.29 is 9.66 Å². The molecule has 0 aliphatic rings. The fourth-order valence-corrected chi connectivity index (χ4v) is 1.98. The molecule has 0 radical (unpaired) electrons. The second-order valence-corrected chi connectivity index (χ2v) is 4.83. The Bertz CT molecular complexity index is 494. The normalized spacial score (nSPS) is 11.7. The maximum absolute atomic E-state index is 10.9. The Morgan fingerprint density at radius 3 is 2.75 bits per heavy atom. The summed E-state index contributed by atoms with van der Waals surface area (Å²) in [6, 6.07) is 6.16. The highest BCUT2D eigenvalue weighted by atomic mass is 16.6. The maximum atomic E-state index is 10.9. The van der Waals surface area contributed by atoms with E-state index < -0.39 is 4.92 Å². The minimum Gasteiger partial charge on any atom is -0.490 e. The summed E-state index contributed by atoms with van der Waals surface area (Å²) in [6.07, 6.45) is 5.62. The lowest BCUT2D eigenvalue weighted by Crippen LogP contribution is -2.11. The van der Waals surface area contributed by atoms with Gasteiger partial charge in [-0.25, -0.2) is 0 Å². The quantitative estimate of drug-likeness (QED) is 0.405. The summed E-state index contributed by atoms with van der Waals surface area (Å²) in [5.41, 5.74) is -0.152. The Morgan fingerprint density at radius 2 is 2.15 bits per heavy atom. The zero-order chi connectivity index (χ0) is 15.0. The molecule has 0 fully saturated rings. The molecule has 1 rings (SSSR count). The van der Waals surface area contributed by atoms with E-state index in [1.54, 1.807) is 6.07 Å². The molecule has 0 N–H and O–H groups in total. The van der Waals surface area contributed by atoms with Crippen LogP contribution in [0.2, 0.25) is 0 Å². The standard InChI is InChI=1S/C15H20N2O3/c1-3-4-5-6-7-12(2)20-14-9-8-13(11-16)15(10-14)17(18)19/h8-10,12H,3-7H2,1-2H3. The molecule has 0 amide bonds. The number of rotatable bonds is 8. The first-order chi connectivity index (χ1) is 9.58. The Kier molecular flexibility index (Phi) is 6.51. The predicted octanol–water partition coefficient (Wildman–Crippen LogP) is 4.20. The van der Waals surface area contributed by atoms with Crippen LogP contribution in [0.15, 0.2) is 18.2 Å². The SMILES string of the molecule is CCCCCCC(C)Oc1ccc(C#N)c([N+](=O)[O-])c1. The molecule has 1 aromatic carbocycles. The molecule has 0 aliphatic heterocycles. The van der Waals surface area contributed by atoms with Crippen LogP contribution < -0.4 is 4.74 Å². The third-order valence-corrected chi connectivity index (χ3v) is 3.09. The molecule has 0 saturated carbocycles. The summed E-state index contributed by atoms with van der Waals surface area (Å²) in [4.78, 5) is 10.3. The lowest BCUT2D eigenvalue weighted by Gasteiger charge is -2.14. The number of unbranched alkanes of at least 4 members (excludes halogenated alkanes) is 3. The molecule has 20 heavy (non-hydrogen) atoms. The summed E-state index contributed by atoms with van der Waals surface area (Å²) in [5.74, 6) is 0.443. The van der Waals surface area contributed by atoms with Crippen molar-refractivity contribution in [2.45, 2.75) is 52.1 Å². The third kappa shape index (κ3) is 4.88. The van der Waals surface area contributed by atoms with Gasteiger partial charge in [0.2, 0.25) is 0 Å². The van der Waals surface area contributed by atoms with Crippen molar-refractivity contribution in [3.05, 3.63) is 33.9 Å². The van der Waals surface area contributed by atoms with Crippen LogP contribution in [-0.2, 0) is 0 Å². The summed E-state index contributed by atoms with van der Waals surface area (Å²) in [6.45, 7) is 4.12. The molecule has 1 atom stereocenters. The van der Waals surface area contributed by atoms with Gasteiger partial charge in [0, 0.05) is 0 Å². The maximum Gasteiger partial charge on any atom is 0.290 e. The fourth-order valence-electron chi connectivity index (χ4n) is 1.98. The number of hydrogen-bond acceptors (Lipinski definition) is 4. The fraction of sp³-hybridized carbons (Fsp3) is 0.533. The number of ether oxygens (including phenoxy) is 1. The minimum absolute atomic E-state index is 0.0133. The van der Waals surface area contributed by atoms with Crippen LogP contribution in [0.5, 0.6) is 5.75 Å². The Hall–Kier alpha value is -2.09. The molecule has 1 unspecified atom stereocenters. The lowest BCUT2D eigenvalue weighted by atomic mass is 10.1. The monoisotopic (exact) mass is 276 g/mol. The van der Waals surface area contributed by atoms with Gasteiger partial charge in [-0.1, -0.05) is 26.2 Å². The van der Waals surface area contributed by atoms with Crippen molar-refractivity contribution in [1.29, 1.82) is 5.26 Å². The van der Waals surface area contributed by atoms with Gasteiger partial charge in [-0.2, -0.15) is 5.26 Å². The van der Waals surface area contributed by atoms with E-state index in [9.17, 15) is 10.1 Å². The molecule has 108 valence electrons. The number of nitro benzene ring substituents is 1. The van der Waals surface area contributed by atoms with Crippen molar-refractivity contribution in [1.82, 2.24) is 0 Å². The third-order valence-electron chi connectivity index (χ3n) is 3.09. The van der Waals surface area contributed by atoms with Crippen LogP contribution in [0.4, 0.5) is 5.69 Å². The smallest absolute Gasteiger partial charge is 0.290 e. The molecule has 0 bridgehead atoms. The second kappa shape index (κ2) is 8.16. The minimum atomic E-state index is -0.558. The number of nitro groups is 1. The lowest BCUT2D eigenvalue weighted by molar-refractivity contribution is -0.385. The molecular weight excluding hydrogens is 256 g/mol. The summed E-state index contributed by atoms with van der Waals surface area (Å²) >= 11 is 0. The van der Waals surface area contributed by atoms with Crippen molar-refractivity contribution in [3.8, 4) is 11.8 Å². The van der Waals surface area contributed by atoms with Gasteiger partial charge in [-0.15, -0.1) is 0 Å². The van der Waals surface area contributed by atoms with E-state index in [0.29, 0.717) is 5.75 Å². The molecule has 0 heterocycles. The van der Waals surface area contributed by atoms with Gasteiger partial charge in [0.15, 0.2) is 0 Å². The Balaban J connectivity index is 2.62. The van der Waals surface area contributed by atoms with E-state index in [1.165, 1.54) is 31.4 Å². The molecule has 5 heteroatoms. The average molecular weight is 276 g/mol. The van der Waals surface area contributed by atoms with Crippen molar-refractivity contribution >= 4 is 5.69 Å². The van der Waals surface area contributed by atoms with Crippen LogP contribution in [0.1, 0.15) is 51.5 Å². The zero-order valence-corrected chi connectivity index (χ0v) is 12.0. The van der Waals surface area contributed by atoms with Gasteiger partial charge in [0.05, 0.1) is 17.1 Å². The van der Waals surface area contributed by atoms with Crippen molar-refractivity contribution in [2.75, 3.05) is 0 Å². The predicted molar refractivity (Wildman–Crippen MR) is 76.7 cm³/mol. The molecule has 0 saturated heterocycles.